The van der Waals surface area contributed by atoms with E-state index in [1.54, 1.807) is 6.07 Å². The molecule has 0 saturated carbocycles. The number of pyridine rings is 1. The van der Waals surface area contributed by atoms with Crippen LogP contribution in [0.25, 0.3) is 21.5 Å². The molecule has 3 aromatic rings. The molecule has 0 saturated heterocycles. The third-order valence-corrected chi connectivity index (χ3v) is 7.08. The fraction of sp³-hybridized carbons (Fsp3) is 0.263. The lowest BCUT2D eigenvalue weighted by molar-refractivity contribution is 0.562. The summed E-state index contributed by atoms with van der Waals surface area (Å²) in [4.78, 5) is 9.05. The molecule has 0 aliphatic heterocycles. The molecule has 5 nitrogen and oxygen atoms in total. The van der Waals surface area contributed by atoms with Crippen molar-refractivity contribution in [2.45, 2.75) is 29.9 Å². The van der Waals surface area contributed by atoms with E-state index in [9.17, 15) is 8.94 Å². The lowest BCUT2D eigenvalue weighted by atomic mass is 10.0. The van der Waals surface area contributed by atoms with Gasteiger partial charge in [0.25, 0.3) is 0 Å². The van der Waals surface area contributed by atoms with E-state index in [2.05, 4.69) is 14.4 Å². The summed E-state index contributed by atoms with van der Waals surface area (Å²) in [5.74, 6) is -0.577. The molecule has 0 bridgehead atoms. The number of hydrogen-bond acceptors (Lipinski definition) is 7. The summed E-state index contributed by atoms with van der Waals surface area (Å²) >= 11 is 1.58. The second kappa shape index (κ2) is 8.17. The highest BCUT2D eigenvalue weighted by Crippen LogP contribution is 2.33. The van der Waals surface area contributed by atoms with Gasteiger partial charge in [-0.25, -0.2) is 14.4 Å². The number of fused-ring (bicyclic) bond motifs is 1. The second-order valence-electron chi connectivity index (χ2n) is 6.83. The Balaban J connectivity index is 2.18. The van der Waals surface area contributed by atoms with Gasteiger partial charge in [0.15, 0.2) is 9.99 Å². The van der Waals surface area contributed by atoms with Gasteiger partial charge in [-0.05, 0) is 50.8 Å². The maximum atomic E-state index is 13.8. The average Bonchev–Trinajstić information content (AvgIpc) is 3.07. The summed E-state index contributed by atoms with van der Waals surface area (Å²) in [6.45, 7) is 5.51. The van der Waals surface area contributed by atoms with Crippen molar-refractivity contribution >= 4 is 51.0 Å². The lowest BCUT2D eigenvalue weighted by Gasteiger charge is -2.17. The van der Waals surface area contributed by atoms with Gasteiger partial charge in [0.1, 0.15) is 34.2 Å². The molecule has 1 aromatic carbocycles. The maximum absolute atomic E-state index is 13.8. The first-order chi connectivity index (χ1) is 13.2. The van der Waals surface area contributed by atoms with E-state index in [0.717, 1.165) is 9.04 Å². The minimum absolute atomic E-state index is 0.0483. The molecule has 1 atom stereocenters. The van der Waals surface area contributed by atoms with Crippen LogP contribution in [0.3, 0.4) is 0 Å². The number of hydrogen-bond donors (Lipinski definition) is 0. The van der Waals surface area contributed by atoms with Gasteiger partial charge < -0.3 is 4.55 Å². The Bertz CT molecular complexity index is 1100. The number of nitrogens with zero attached hydrogens (tertiary/aromatic N) is 4. The summed E-state index contributed by atoms with van der Waals surface area (Å²) in [6.07, 6.45) is 3.40. The largest absolute Gasteiger partial charge is 0.591 e. The molecule has 0 N–H and O–H groups in total. The molecule has 0 amide bonds. The Labute approximate surface area is 174 Å². The molecule has 0 radical (unpaired) electrons. The number of thiazole rings is 1. The highest BCUT2D eigenvalue weighted by atomic mass is 32.2. The van der Waals surface area contributed by atoms with E-state index < -0.39 is 21.9 Å². The van der Waals surface area contributed by atoms with Crippen molar-refractivity contribution in [2.24, 2.45) is 4.40 Å². The first kappa shape index (κ1) is 20.7. The number of thioether (sulfide) groups is 1. The molecule has 2 heterocycles. The Morgan fingerprint density at radius 3 is 2.71 bits per heavy atom. The van der Waals surface area contributed by atoms with Crippen molar-refractivity contribution in [3.05, 3.63) is 41.3 Å². The first-order valence-electron chi connectivity index (χ1n) is 8.24. The Kier molecular flexibility index (Phi) is 6.05. The lowest BCUT2D eigenvalue weighted by Crippen LogP contribution is -2.25. The topological polar surface area (TPSA) is 85.0 Å². The fourth-order valence-electron chi connectivity index (χ4n) is 2.31. The van der Waals surface area contributed by atoms with Crippen LogP contribution in [0, 0.1) is 17.1 Å². The zero-order chi connectivity index (χ0) is 20.5. The van der Waals surface area contributed by atoms with E-state index in [1.165, 1.54) is 41.4 Å². The minimum atomic E-state index is -1.45. The molecule has 0 aliphatic carbocycles. The molecule has 0 aliphatic rings. The van der Waals surface area contributed by atoms with Crippen LogP contribution < -0.4 is 0 Å². The normalized spacial score (nSPS) is 13.2. The molecule has 28 heavy (non-hydrogen) atoms. The van der Waals surface area contributed by atoms with Crippen molar-refractivity contribution in [2.75, 3.05) is 6.26 Å². The van der Waals surface area contributed by atoms with E-state index in [4.69, 9.17) is 5.26 Å². The number of halogens is 1. The summed E-state index contributed by atoms with van der Waals surface area (Å²) < 4.78 is 31.5. The summed E-state index contributed by atoms with van der Waals surface area (Å²) in [7, 11) is 0. The van der Waals surface area contributed by atoms with Crippen molar-refractivity contribution in [1.29, 1.82) is 5.26 Å². The molecular weight excluding hydrogens is 415 g/mol. The average molecular weight is 433 g/mol. The van der Waals surface area contributed by atoms with E-state index in [-0.39, 0.29) is 5.56 Å². The number of aromatic nitrogens is 2. The van der Waals surface area contributed by atoms with Crippen LogP contribution in [0.1, 0.15) is 32.0 Å². The van der Waals surface area contributed by atoms with Crippen LogP contribution in [-0.2, 0) is 11.4 Å². The van der Waals surface area contributed by atoms with Gasteiger partial charge in [0.05, 0.1) is 16.0 Å². The van der Waals surface area contributed by atoms with Crippen LogP contribution in [0.2, 0.25) is 0 Å². The molecule has 2 aromatic heterocycles. The Morgan fingerprint density at radius 1 is 1.32 bits per heavy atom. The SMILES string of the molecule is CSc1nc2nc(/C=N\[S@@+]([O-])C(C)(C)C)c(-c3ccc(F)c(C#N)c3)cc2s1. The van der Waals surface area contributed by atoms with Gasteiger partial charge in [0.2, 0.25) is 0 Å². The number of nitriles is 1. The van der Waals surface area contributed by atoms with Gasteiger partial charge in [-0.3, -0.25) is 0 Å². The van der Waals surface area contributed by atoms with Crippen LogP contribution in [0.4, 0.5) is 4.39 Å². The standard InChI is InChI=1S/C19H17FN4OS3/c1-19(2,3)28(25)22-10-15-13(11-5-6-14(20)12(7-11)9-21)8-16-17(23-15)24-18(26-4)27-16/h5-8,10H,1-4H3/b22-10-/t28-/m0/s1. The van der Waals surface area contributed by atoms with E-state index in [1.807, 2.05) is 39.2 Å². The third-order valence-electron chi connectivity index (χ3n) is 3.76. The summed E-state index contributed by atoms with van der Waals surface area (Å²) in [5, 5.41) is 9.15. The van der Waals surface area contributed by atoms with Gasteiger partial charge >= 0.3 is 0 Å². The molecule has 0 fully saturated rings. The van der Waals surface area contributed by atoms with E-state index >= 15 is 0 Å². The summed E-state index contributed by atoms with van der Waals surface area (Å²) in [6, 6.07) is 8.08. The molecule has 3 rings (SSSR count). The monoisotopic (exact) mass is 432 g/mol. The van der Waals surface area contributed by atoms with Crippen molar-refractivity contribution in [1.82, 2.24) is 9.97 Å². The van der Waals surface area contributed by atoms with Crippen LogP contribution in [-0.4, -0.2) is 31.7 Å². The maximum Gasteiger partial charge on any atom is 0.172 e. The zero-order valence-electron chi connectivity index (χ0n) is 15.7. The van der Waals surface area contributed by atoms with Crippen molar-refractivity contribution in [3.63, 3.8) is 0 Å². The molecule has 0 unspecified atom stereocenters. The predicted octanol–water partition coefficient (Wildman–Crippen LogP) is 4.97. The van der Waals surface area contributed by atoms with Gasteiger partial charge in [-0.15, -0.1) is 11.3 Å². The number of rotatable bonds is 4. The third kappa shape index (κ3) is 4.36. The van der Waals surface area contributed by atoms with Gasteiger partial charge in [-0.2, -0.15) is 5.26 Å². The fourth-order valence-corrected chi connectivity index (χ4v) is 4.28. The Morgan fingerprint density at radius 2 is 2.07 bits per heavy atom. The van der Waals surface area contributed by atoms with Gasteiger partial charge in [-0.1, -0.05) is 22.2 Å². The van der Waals surface area contributed by atoms with Crippen LogP contribution >= 0.6 is 23.1 Å². The van der Waals surface area contributed by atoms with Crippen molar-refractivity contribution < 1.29 is 8.94 Å². The second-order valence-corrected chi connectivity index (χ2v) is 10.8. The Hall–Kier alpha value is -1.99. The quantitative estimate of drug-likeness (QED) is 0.330. The predicted molar refractivity (Wildman–Crippen MR) is 115 cm³/mol. The van der Waals surface area contributed by atoms with E-state index in [0.29, 0.717) is 22.5 Å². The highest BCUT2D eigenvalue weighted by molar-refractivity contribution is 8.00. The van der Waals surface area contributed by atoms with Crippen LogP contribution in [0.15, 0.2) is 33.0 Å². The molecule has 9 heteroatoms. The van der Waals surface area contributed by atoms with Crippen LogP contribution in [0.5, 0.6) is 0 Å². The number of benzene rings is 1. The minimum Gasteiger partial charge on any atom is -0.591 e. The summed E-state index contributed by atoms with van der Waals surface area (Å²) in [5.41, 5.74) is 2.31. The van der Waals surface area contributed by atoms with Gasteiger partial charge in [0, 0.05) is 5.56 Å². The molecular formula is C19H17FN4OS3. The molecule has 0 spiro atoms. The first-order valence-corrected chi connectivity index (χ1v) is 11.4. The zero-order valence-corrected chi connectivity index (χ0v) is 18.1. The highest BCUT2D eigenvalue weighted by Gasteiger charge is 2.26. The molecule has 144 valence electrons. The smallest absolute Gasteiger partial charge is 0.172 e. The van der Waals surface area contributed by atoms with Crippen molar-refractivity contribution in [3.8, 4) is 17.2 Å².